The number of amides is 1. The van der Waals surface area contributed by atoms with E-state index in [1.54, 1.807) is 17.2 Å². The molecule has 1 saturated heterocycles. The highest BCUT2D eigenvalue weighted by molar-refractivity contribution is 5.79. The first-order valence-corrected chi connectivity index (χ1v) is 10.5. The molecule has 1 N–H and O–H groups in total. The number of rotatable bonds is 5. The van der Waals surface area contributed by atoms with Gasteiger partial charge in [0.25, 0.3) is 0 Å². The first kappa shape index (κ1) is 22.5. The van der Waals surface area contributed by atoms with Crippen molar-refractivity contribution in [3.8, 4) is 0 Å². The van der Waals surface area contributed by atoms with Crippen LogP contribution in [0.25, 0.3) is 0 Å². The van der Waals surface area contributed by atoms with Gasteiger partial charge in [0, 0.05) is 38.4 Å². The van der Waals surface area contributed by atoms with Gasteiger partial charge < -0.3 is 15.1 Å². The Hall–Kier alpha value is -3.69. The van der Waals surface area contributed by atoms with Crippen LogP contribution < -0.4 is 10.2 Å². The van der Waals surface area contributed by atoms with Crippen molar-refractivity contribution in [3.63, 3.8) is 0 Å². The van der Waals surface area contributed by atoms with E-state index in [0.717, 1.165) is 18.0 Å². The molecule has 0 spiro atoms. The van der Waals surface area contributed by atoms with Crippen LogP contribution in [0.1, 0.15) is 17.0 Å². The maximum Gasteiger partial charge on any atom is 0.416 e. The third-order valence-corrected chi connectivity index (χ3v) is 5.31. The Bertz CT molecular complexity index is 1110. The van der Waals surface area contributed by atoms with Crippen LogP contribution in [0, 0.1) is 6.92 Å². The number of piperazine rings is 1. The number of benzene rings is 1. The van der Waals surface area contributed by atoms with Crippen LogP contribution in [0.5, 0.6) is 0 Å². The molecule has 172 valence electrons. The molecule has 1 amide bonds. The average Bonchev–Trinajstić information content (AvgIpc) is 2.79. The fourth-order valence-electron chi connectivity index (χ4n) is 3.67. The Morgan fingerprint density at radius 3 is 2.48 bits per heavy atom. The summed E-state index contributed by atoms with van der Waals surface area (Å²) >= 11 is 0. The Balaban J connectivity index is 1.37. The monoisotopic (exact) mass is 456 g/mol. The van der Waals surface area contributed by atoms with Crippen molar-refractivity contribution in [1.82, 2.24) is 19.9 Å². The molecular formula is C23H23F3N6O. The molecule has 0 atom stereocenters. The van der Waals surface area contributed by atoms with Gasteiger partial charge in [-0.15, -0.1) is 0 Å². The van der Waals surface area contributed by atoms with Gasteiger partial charge in [0.1, 0.15) is 23.3 Å². The number of anilines is 3. The van der Waals surface area contributed by atoms with E-state index in [1.807, 2.05) is 31.2 Å². The summed E-state index contributed by atoms with van der Waals surface area (Å²) in [5.74, 6) is 2.45. The van der Waals surface area contributed by atoms with Crippen molar-refractivity contribution in [2.24, 2.45) is 0 Å². The maximum atomic E-state index is 12.9. The number of hydrogen-bond acceptors (Lipinski definition) is 6. The standard InChI is InChI=1S/C23H23F3N6O/c1-16-28-20(30-19-7-2-3-8-27-19)15-21(29-16)31-9-11-32(12-10-31)22(33)14-17-5-4-6-18(13-17)23(24,25)26/h2-8,13,15H,9-12,14H2,1H3,(H,27,28,29,30). The highest BCUT2D eigenvalue weighted by atomic mass is 19.4. The molecule has 0 unspecified atom stereocenters. The number of alkyl halides is 3. The lowest BCUT2D eigenvalue weighted by Gasteiger charge is -2.35. The number of carbonyl (C=O) groups excluding carboxylic acids is 1. The molecule has 3 heterocycles. The average molecular weight is 456 g/mol. The molecule has 1 aliphatic rings. The molecule has 10 heteroatoms. The van der Waals surface area contributed by atoms with E-state index in [4.69, 9.17) is 0 Å². The van der Waals surface area contributed by atoms with E-state index in [9.17, 15) is 18.0 Å². The van der Waals surface area contributed by atoms with Crippen LogP contribution in [-0.2, 0) is 17.4 Å². The van der Waals surface area contributed by atoms with Gasteiger partial charge in [-0.3, -0.25) is 4.79 Å². The van der Waals surface area contributed by atoms with Crippen LogP contribution in [0.4, 0.5) is 30.6 Å². The van der Waals surface area contributed by atoms with Gasteiger partial charge in [-0.1, -0.05) is 24.3 Å². The minimum atomic E-state index is -4.43. The van der Waals surface area contributed by atoms with Crippen LogP contribution in [0.3, 0.4) is 0 Å². The minimum Gasteiger partial charge on any atom is -0.353 e. The summed E-state index contributed by atoms with van der Waals surface area (Å²) in [6, 6.07) is 12.3. The number of pyridine rings is 1. The third kappa shape index (κ3) is 5.76. The number of carbonyl (C=O) groups is 1. The lowest BCUT2D eigenvalue weighted by Crippen LogP contribution is -2.49. The predicted molar refractivity (Wildman–Crippen MR) is 118 cm³/mol. The molecule has 0 saturated carbocycles. The summed E-state index contributed by atoms with van der Waals surface area (Å²) in [5.41, 5.74) is -0.388. The smallest absolute Gasteiger partial charge is 0.353 e. The van der Waals surface area contributed by atoms with Gasteiger partial charge in [-0.2, -0.15) is 13.2 Å². The largest absolute Gasteiger partial charge is 0.416 e. The van der Waals surface area contributed by atoms with Crippen LogP contribution in [-0.4, -0.2) is 51.9 Å². The number of hydrogen-bond donors (Lipinski definition) is 1. The molecule has 3 aromatic rings. The highest BCUT2D eigenvalue weighted by Gasteiger charge is 2.30. The Kier molecular flexibility index (Phi) is 6.43. The minimum absolute atomic E-state index is 0.0608. The molecule has 1 fully saturated rings. The quantitative estimate of drug-likeness (QED) is 0.629. The number of aryl methyl sites for hydroxylation is 1. The van der Waals surface area contributed by atoms with E-state index >= 15 is 0 Å². The lowest BCUT2D eigenvalue weighted by atomic mass is 10.1. The van der Waals surface area contributed by atoms with Gasteiger partial charge in [0.15, 0.2) is 0 Å². The summed E-state index contributed by atoms with van der Waals surface area (Å²) < 4.78 is 38.8. The zero-order valence-electron chi connectivity index (χ0n) is 18.0. The molecule has 7 nitrogen and oxygen atoms in total. The van der Waals surface area contributed by atoms with Gasteiger partial charge in [-0.25, -0.2) is 15.0 Å². The Labute approximate surface area is 189 Å². The molecular weight excluding hydrogens is 433 g/mol. The highest BCUT2D eigenvalue weighted by Crippen LogP contribution is 2.29. The van der Waals surface area contributed by atoms with Gasteiger partial charge in [0.05, 0.1) is 12.0 Å². The van der Waals surface area contributed by atoms with E-state index in [1.165, 1.54) is 6.07 Å². The van der Waals surface area contributed by atoms with Crippen molar-refractivity contribution in [3.05, 3.63) is 71.7 Å². The van der Waals surface area contributed by atoms with Crippen molar-refractivity contribution in [1.29, 1.82) is 0 Å². The van der Waals surface area contributed by atoms with Crippen molar-refractivity contribution in [2.75, 3.05) is 36.4 Å². The maximum absolute atomic E-state index is 12.9. The number of nitrogens with zero attached hydrogens (tertiary/aromatic N) is 5. The molecule has 0 bridgehead atoms. The lowest BCUT2D eigenvalue weighted by molar-refractivity contribution is -0.138. The van der Waals surface area contributed by atoms with Crippen LogP contribution >= 0.6 is 0 Å². The summed E-state index contributed by atoms with van der Waals surface area (Å²) in [5, 5.41) is 3.16. The second-order valence-electron chi connectivity index (χ2n) is 7.74. The topological polar surface area (TPSA) is 74.2 Å². The number of halogens is 3. The molecule has 0 aliphatic carbocycles. The fraction of sp³-hybridized carbons (Fsp3) is 0.304. The molecule has 4 rings (SSSR count). The number of nitrogens with one attached hydrogen (secondary N) is 1. The zero-order valence-corrected chi connectivity index (χ0v) is 18.0. The first-order chi connectivity index (χ1) is 15.8. The van der Waals surface area contributed by atoms with Gasteiger partial charge >= 0.3 is 6.18 Å². The first-order valence-electron chi connectivity index (χ1n) is 10.5. The normalized spacial score (nSPS) is 14.3. The van der Waals surface area contributed by atoms with E-state index in [2.05, 4.69) is 25.2 Å². The molecule has 33 heavy (non-hydrogen) atoms. The van der Waals surface area contributed by atoms with Gasteiger partial charge in [-0.05, 0) is 30.7 Å². The van der Waals surface area contributed by atoms with Crippen molar-refractivity contribution in [2.45, 2.75) is 19.5 Å². The van der Waals surface area contributed by atoms with Crippen molar-refractivity contribution >= 4 is 23.4 Å². The second-order valence-corrected chi connectivity index (χ2v) is 7.74. The Morgan fingerprint density at radius 2 is 1.79 bits per heavy atom. The van der Waals surface area contributed by atoms with Crippen LogP contribution in [0.15, 0.2) is 54.7 Å². The molecule has 2 aromatic heterocycles. The third-order valence-electron chi connectivity index (χ3n) is 5.31. The van der Waals surface area contributed by atoms with Crippen molar-refractivity contribution < 1.29 is 18.0 Å². The fourth-order valence-corrected chi connectivity index (χ4v) is 3.67. The number of aromatic nitrogens is 3. The second kappa shape index (κ2) is 9.43. The van der Waals surface area contributed by atoms with E-state index in [-0.39, 0.29) is 12.3 Å². The molecule has 1 aromatic carbocycles. The van der Waals surface area contributed by atoms with Crippen LogP contribution in [0.2, 0.25) is 0 Å². The van der Waals surface area contributed by atoms with E-state index in [0.29, 0.717) is 49.2 Å². The summed E-state index contributed by atoms with van der Waals surface area (Å²) in [6.07, 6.45) is -2.80. The molecule has 1 aliphatic heterocycles. The summed E-state index contributed by atoms with van der Waals surface area (Å²) in [7, 11) is 0. The Morgan fingerprint density at radius 1 is 1.00 bits per heavy atom. The van der Waals surface area contributed by atoms with Gasteiger partial charge in [0.2, 0.25) is 5.91 Å². The predicted octanol–water partition coefficient (Wildman–Crippen LogP) is 3.83. The molecule has 0 radical (unpaired) electrons. The SMILES string of the molecule is Cc1nc(Nc2ccccn2)cc(N2CCN(C(=O)Cc3cccc(C(F)(F)F)c3)CC2)n1. The summed E-state index contributed by atoms with van der Waals surface area (Å²) in [6.45, 7) is 3.86. The van der Waals surface area contributed by atoms with E-state index < -0.39 is 11.7 Å². The zero-order chi connectivity index (χ0) is 23.4. The summed E-state index contributed by atoms with van der Waals surface area (Å²) in [4.78, 5) is 29.6.